The van der Waals surface area contributed by atoms with Crippen molar-refractivity contribution in [2.75, 3.05) is 0 Å². The number of amides is 1. The first-order valence-electron chi connectivity index (χ1n) is 7.58. The van der Waals surface area contributed by atoms with Crippen LogP contribution >= 0.6 is 0 Å². The van der Waals surface area contributed by atoms with Gasteiger partial charge in [0.15, 0.2) is 0 Å². The van der Waals surface area contributed by atoms with Crippen LogP contribution < -0.4 is 5.32 Å². The number of nitrogens with zero attached hydrogens (tertiary/aromatic N) is 3. The second kappa shape index (κ2) is 7.09. The molecule has 1 amide bonds. The average molecular weight is 326 g/mol. The first-order valence-corrected chi connectivity index (χ1v) is 7.58. The quantitative estimate of drug-likeness (QED) is 0.693. The van der Waals surface area contributed by atoms with E-state index >= 15 is 0 Å². The maximum absolute atomic E-state index is 13.1. The molecule has 0 aliphatic heterocycles. The van der Waals surface area contributed by atoms with Crippen LogP contribution in [0.2, 0.25) is 0 Å². The van der Waals surface area contributed by atoms with E-state index in [-0.39, 0.29) is 17.4 Å². The molecule has 0 saturated carbocycles. The lowest BCUT2D eigenvalue weighted by molar-refractivity contribution is -0.117. The van der Waals surface area contributed by atoms with Gasteiger partial charge in [-0.15, -0.1) is 0 Å². The maximum atomic E-state index is 13.1. The van der Waals surface area contributed by atoms with Crippen molar-refractivity contribution in [3.05, 3.63) is 52.6 Å². The summed E-state index contributed by atoms with van der Waals surface area (Å²) in [7, 11) is 0. The molecule has 0 aliphatic rings. The third-order valence-corrected chi connectivity index (χ3v) is 3.49. The van der Waals surface area contributed by atoms with E-state index in [0.29, 0.717) is 16.9 Å². The Bertz CT molecular complexity index is 826. The normalized spacial score (nSPS) is 11.5. The molecule has 24 heavy (non-hydrogen) atoms. The number of rotatable bonds is 4. The summed E-state index contributed by atoms with van der Waals surface area (Å²) in [6, 6.07) is 7.84. The Morgan fingerprint density at radius 1 is 1.33 bits per heavy atom. The van der Waals surface area contributed by atoms with E-state index in [0.717, 1.165) is 5.69 Å². The van der Waals surface area contributed by atoms with Gasteiger partial charge in [0.25, 0.3) is 5.91 Å². The molecule has 0 spiro atoms. The molecule has 6 heteroatoms. The summed E-state index contributed by atoms with van der Waals surface area (Å²) >= 11 is 0. The van der Waals surface area contributed by atoms with Crippen molar-refractivity contribution in [3.8, 4) is 11.8 Å². The van der Waals surface area contributed by atoms with Gasteiger partial charge in [-0.3, -0.25) is 4.79 Å². The topological polar surface area (TPSA) is 70.7 Å². The zero-order valence-electron chi connectivity index (χ0n) is 14.1. The molecular weight excluding hydrogens is 307 g/mol. The number of nitrogens with one attached hydrogen (secondary N) is 1. The van der Waals surface area contributed by atoms with Gasteiger partial charge in [-0.05, 0) is 58.0 Å². The van der Waals surface area contributed by atoms with Crippen molar-refractivity contribution in [1.29, 1.82) is 5.26 Å². The van der Waals surface area contributed by atoms with Gasteiger partial charge >= 0.3 is 0 Å². The Labute approximate surface area is 140 Å². The van der Waals surface area contributed by atoms with Gasteiger partial charge < -0.3 is 5.32 Å². The fourth-order valence-corrected chi connectivity index (χ4v) is 2.33. The molecule has 1 aromatic heterocycles. The molecule has 1 N–H and O–H groups in total. The summed E-state index contributed by atoms with van der Waals surface area (Å²) < 4.78 is 14.7. The lowest BCUT2D eigenvalue weighted by Gasteiger charge is -2.07. The average Bonchev–Trinajstić information content (AvgIpc) is 2.80. The Morgan fingerprint density at radius 2 is 1.96 bits per heavy atom. The van der Waals surface area contributed by atoms with E-state index in [1.165, 1.54) is 18.2 Å². The van der Waals surface area contributed by atoms with Gasteiger partial charge in [0.05, 0.1) is 11.4 Å². The van der Waals surface area contributed by atoms with Crippen molar-refractivity contribution in [3.63, 3.8) is 0 Å². The lowest BCUT2D eigenvalue weighted by Crippen LogP contribution is -2.30. The van der Waals surface area contributed by atoms with Crippen LogP contribution in [-0.2, 0) is 4.79 Å². The van der Waals surface area contributed by atoms with Crippen molar-refractivity contribution >= 4 is 12.0 Å². The summed E-state index contributed by atoms with van der Waals surface area (Å²) in [6.07, 6.45) is 1.54. The Kier molecular flexibility index (Phi) is 5.14. The third-order valence-electron chi connectivity index (χ3n) is 3.49. The lowest BCUT2D eigenvalue weighted by atomic mass is 10.1. The summed E-state index contributed by atoms with van der Waals surface area (Å²) in [6.45, 7) is 7.30. The van der Waals surface area contributed by atoms with E-state index in [1.54, 1.807) is 23.7 Å². The Hall–Kier alpha value is -2.94. The molecule has 0 radical (unpaired) electrons. The maximum Gasteiger partial charge on any atom is 0.262 e. The van der Waals surface area contributed by atoms with Crippen LogP contribution in [0.3, 0.4) is 0 Å². The summed E-state index contributed by atoms with van der Waals surface area (Å²) in [5.41, 5.74) is 2.89. The van der Waals surface area contributed by atoms with E-state index in [9.17, 15) is 14.4 Å². The number of halogens is 1. The van der Waals surface area contributed by atoms with Gasteiger partial charge in [-0.1, -0.05) is 0 Å². The van der Waals surface area contributed by atoms with E-state index in [2.05, 4.69) is 10.4 Å². The first kappa shape index (κ1) is 17.4. The Morgan fingerprint density at radius 3 is 2.50 bits per heavy atom. The molecule has 124 valence electrons. The molecular formula is C18H19FN4O. The van der Waals surface area contributed by atoms with E-state index < -0.39 is 5.91 Å². The SMILES string of the molecule is Cc1nn(-c2ccc(F)cc2)c(C)c1/C=C(\C#N)C(=O)NC(C)C. The smallest absolute Gasteiger partial charge is 0.262 e. The zero-order valence-corrected chi connectivity index (χ0v) is 14.1. The van der Waals surface area contributed by atoms with Crippen LogP contribution in [0.1, 0.15) is 30.8 Å². The predicted molar refractivity (Wildman–Crippen MR) is 89.9 cm³/mol. The van der Waals surface area contributed by atoms with E-state index in [4.69, 9.17) is 0 Å². The second-order valence-electron chi connectivity index (χ2n) is 5.77. The van der Waals surface area contributed by atoms with Crippen LogP contribution in [0.25, 0.3) is 11.8 Å². The van der Waals surface area contributed by atoms with Crippen molar-refractivity contribution in [2.45, 2.75) is 33.7 Å². The summed E-state index contributed by atoms with van der Waals surface area (Å²) in [4.78, 5) is 12.1. The molecule has 0 bridgehead atoms. The first-order chi connectivity index (χ1) is 11.3. The number of carbonyl (C=O) groups is 1. The molecule has 2 aromatic rings. The van der Waals surface area contributed by atoms with Crippen molar-refractivity contribution in [1.82, 2.24) is 15.1 Å². The highest BCUT2D eigenvalue weighted by molar-refractivity contribution is 6.02. The Balaban J connectivity index is 2.45. The molecule has 1 heterocycles. The zero-order chi connectivity index (χ0) is 17.9. The predicted octanol–water partition coefficient (Wildman–Crippen LogP) is 3.06. The van der Waals surface area contributed by atoms with Crippen LogP contribution in [-0.4, -0.2) is 21.7 Å². The fourth-order valence-electron chi connectivity index (χ4n) is 2.33. The highest BCUT2D eigenvalue weighted by Gasteiger charge is 2.15. The molecule has 0 fully saturated rings. The summed E-state index contributed by atoms with van der Waals surface area (Å²) in [5.74, 6) is -0.738. The van der Waals surface area contributed by atoms with Gasteiger partial charge in [0.2, 0.25) is 0 Å². The fraction of sp³-hybridized carbons (Fsp3) is 0.278. The number of benzene rings is 1. The minimum Gasteiger partial charge on any atom is -0.349 e. The minimum absolute atomic E-state index is 0.0218. The van der Waals surface area contributed by atoms with Gasteiger partial charge in [-0.25, -0.2) is 9.07 Å². The van der Waals surface area contributed by atoms with E-state index in [1.807, 2.05) is 26.8 Å². The van der Waals surface area contributed by atoms with Gasteiger partial charge in [0, 0.05) is 17.3 Å². The van der Waals surface area contributed by atoms with Gasteiger partial charge in [-0.2, -0.15) is 10.4 Å². The highest BCUT2D eigenvalue weighted by Crippen LogP contribution is 2.21. The number of carbonyl (C=O) groups excluding carboxylic acids is 1. The van der Waals surface area contributed by atoms with Gasteiger partial charge in [0.1, 0.15) is 17.5 Å². The second-order valence-corrected chi connectivity index (χ2v) is 5.77. The third kappa shape index (κ3) is 3.69. The molecule has 0 atom stereocenters. The number of aromatic nitrogens is 2. The molecule has 0 unspecified atom stereocenters. The van der Waals surface area contributed by atoms with Crippen LogP contribution in [0.5, 0.6) is 0 Å². The van der Waals surface area contributed by atoms with Crippen LogP contribution in [0.4, 0.5) is 4.39 Å². The molecule has 2 rings (SSSR count). The van der Waals surface area contributed by atoms with Crippen LogP contribution in [0, 0.1) is 31.0 Å². The van der Waals surface area contributed by atoms with Crippen molar-refractivity contribution in [2.24, 2.45) is 0 Å². The number of hydrogen-bond acceptors (Lipinski definition) is 3. The monoisotopic (exact) mass is 326 g/mol. The molecule has 0 saturated heterocycles. The largest absolute Gasteiger partial charge is 0.349 e. The number of nitriles is 1. The summed E-state index contributed by atoms with van der Waals surface area (Å²) in [5, 5.41) is 16.4. The molecule has 1 aromatic carbocycles. The number of aryl methyl sites for hydroxylation is 1. The minimum atomic E-state index is -0.416. The molecule has 0 aliphatic carbocycles. The van der Waals surface area contributed by atoms with Crippen molar-refractivity contribution < 1.29 is 9.18 Å². The standard InChI is InChI=1S/C18H19FN4O/c1-11(2)21-18(24)14(10-20)9-17-12(3)22-23(13(17)4)16-7-5-15(19)6-8-16/h5-9,11H,1-4H3,(H,21,24)/b14-9+. The highest BCUT2D eigenvalue weighted by atomic mass is 19.1. The number of hydrogen-bond donors (Lipinski definition) is 1. The van der Waals surface area contributed by atoms with Crippen LogP contribution in [0.15, 0.2) is 29.8 Å². The molecule has 5 nitrogen and oxygen atoms in total.